The van der Waals surface area contributed by atoms with Crippen LogP contribution in [0.3, 0.4) is 0 Å². The summed E-state index contributed by atoms with van der Waals surface area (Å²) in [4.78, 5) is 8.94. The minimum atomic E-state index is 0.403. The van der Waals surface area contributed by atoms with Gasteiger partial charge in [-0.25, -0.2) is 11.7 Å². The van der Waals surface area contributed by atoms with Crippen molar-refractivity contribution < 1.29 is 4.79 Å². The quantitative estimate of drug-likeness (QED) is 0.259. The molecule has 5 nitrogen and oxygen atoms in total. The number of hydrazine groups is 2. The Kier molecular flexibility index (Phi) is 8.15. The van der Waals surface area contributed by atoms with E-state index in [4.69, 9.17) is 33.8 Å². The predicted molar refractivity (Wildman–Crippen MR) is 97.8 cm³/mol. The van der Waals surface area contributed by atoms with Gasteiger partial charge in [-0.2, -0.15) is 0 Å². The van der Waals surface area contributed by atoms with Crippen molar-refractivity contribution in [2.75, 3.05) is 12.1 Å². The molecule has 0 saturated heterocycles. The molecule has 2 rings (SSSR count). The molecule has 0 radical (unpaired) electrons. The second-order valence-electron chi connectivity index (χ2n) is 4.42. The first-order valence-corrected chi connectivity index (χ1v) is 7.36. The Hall–Kier alpha value is -2.05. The first-order valence-electron chi connectivity index (χ1n) is 6.60. The molecule has 0 aromatic heterocycles. The van der Waals surface area contributed by atoms with Crippen molar-refractivity contribution >= 4 is 47.5 Å². The van der Waals surface area contributed by atoms with Crippen molar-refractivity contribution in [3.8, 4) is 0 Å². The van der Waals surface area contributed by atoms with Gasteiger partial charge in [0.2, 0.25) is 6.41 Å². The zero-order valence-corrected chi connectivity index (χ0v) is 14.1. The van der Waals surface area contributed by atoms with Crippen LogP contribution in [0.25, 0.3) is 12.2 Å². The molecule has 122 valence electrons. The highest BCUT2D eigenvalue weighted by atomic mass is 35.5. The third kappa shape index (κ3) is 5.92. The molecule has 7 heteroatoms. The molecule has 0 unspecified atom stereocenters. The van der Waals surface area contributed by atoms with E-state index in [0.29, 0.717) is 16.5 Å². The molecule has 0 bridgehead atoms. The minimum Gasteiger partial charge on any atom is -0.313 e. The van der Waals surface area contributed by atoms with E-state index in [-0.39, 0.29) is 0 Å². The maximum Gasteiger partial charge on any atom is 0.221 e. The number of carbonyl (C=O) groups excluding carboxylic acids is 1. The molecule has 0 aliphatic carbocycles. The predicted octanol–water partition coefficient (Wildman–Crippen LogP) is 3.08. The van der Waals surface area contributed by atoms with Crippen LogP contribution in [-0.2, 0) is 4.79 Å². The average molecular weight is 353 g/mol. The van der Waals surface area contributed by atoms with Gasteiger partial charge in [-0.15, -0.1) is 0 Å². The molecule has 2 aromatic carbocycles. The molecule has 2 aromatic rings. The van der Waals surface area contributed by atoms with Gasteiger partial charge < -0.3 is 5.01 Å². The lowest BCUT2D eigenvalue weighted by Crippen LogP contribution is -2.25. The SMILES string of the molecule is CN(N)c1cccc(Cl)c1/C=C/c1ccccc1Cl.NNC=O. The lowest BCUT2D eigenvalue weighted by molar-refractivity contribution is -0.109. The van der Waals surface area contributed by atoms with Crippen LogP contribution < -0.4 is 22.1 Å². The van der Waals surface area contributed by atoms with E-state index in [1.54, 1.807) is 12.5 Å². The normalized spacial score (nSPS) is 9.96. The molecule has 0 atom stereocenters. The summed E-state index contributed by atoms with van der Waals surface area (Å²) in [6, 6.07) is 13.3. The zero-order chi connectivity index (χ0) is 17.2. The minimum absolute atomic E-state index is 0.403. The third-order valence-corrected chi connectivity index (χ3v) is 3.49. The van der Waals surface area contributed by atoms with Crippen molar-refractivity contribution in [2.24, 2.45) is 11.7 Å². The largest absolute Gasteiger partial charge is 0.313 e. The van der Waals surface area contributed by atoms with Gasteiger partial charge in [0.25, 0.3) is 0 Å². The number of hydrogen-bond donors (Lipinski definition) is 3. The summed E-state index contributed by atoms with van der Waals surface area (Å²) < 4.78 is 0. The Morgan fingerprint density at radius 3 is 2.22 bits per heavy atom. The molecular weight excluding hydrogens is 335 g/mol. The van der Waals surface area contributed by atoms with Gasteiger partial charge in [0.05, 0.1) is 5.69 Å². The Bertz CT molecular complexity index is 675. The lowest BCUT2D eigenvalue weighted by atomic mass is 10.1. The van der Waals surface area contributed by atoms with Crippen molar-refractivity contribution in [3.63, 3.8) is 0 Å². The monoisotopic (exact) mass is 352 g/mol. The number of amides is 1. The molecule has 5 N–H and O–H groups in total. The number of benzene rings is 2. The van der Waals surface area contributed by atoms with Crippen molar-refractivity contribution in [3.05, 3.63) is 63.6 Å². The van der Waals surface area contributed by atoms with Gasteiger partial charge in [-0.3, -0.25) is 10.2 Å². The van der Waals surface area contributed by atoms with Gasteiger partial charge in [0, 0.05) is 22.7 Å². The summed E-state index contributed by atoms with van der Waals surface area (Å²) in [5, 5.41) is 2.89. The molecule has 0 aliphatic heterocycles. The molecule has 0 aliphatic rings. The van der Waals surface area contributed by atoms with Gasteiger partial charge in [-0.1, -0.05) is 59.6 Å². The summed E-state index contributed by atoms with van der Waals surface area (Å²) in [6.07, 6.45) is 4.25. The fourth-order valence-corrected chi connectivity index (χ4v) is 2.21. The van der Waals surface area contributed by atoms with Crippen LogP contribution in [0.2, 0.25) is 10.0 Å². The highest BCUT2D eigenvalue weighted by Crippen LogP contribution is 2.28. The van der Waals surface area contributed by atoms with E-state index in [9.17, 15) is 0 Å². The summed E-state index contributed by atoms with van der Waals surface area (Å²) in [6.45, 7) is 0. The standard InChI is InChI=1S/C15H14Cl2N2.CH4N2O/c1-19(18)15-8-4-7-14(17)12(15)10-9-11-5-2-3-6-13(11)16;2-3-1-4/h2-10H,18H2,1H3;1H,2H2,(H,3,4)/b10-9+;. The Morgan fingerprint density at radius 1 is 1.04 bits per heavy atom. The number of nitrogens with zero attached hydrogens (tertiary/aromatic N) is 1. The maximum absolute atomic E-state index is 8.94. The van der Waals surface area contributed by atoms with Gasteiger partial charge >= 0.3 is 0 Å². The van der Waals surface area contributed by atoms with Crippen molar-refractivity contribution in [1.82, 2.24) is 5.43 Å². The summed E-state index contributed by atoms with van der Waals surface area (Å²) >= 11 is 12.3. The van der Waals surface area contributed by atoms with E-state index >= 15 is 0 Å². The molecule has 23 heavy (non-hydrogen) atoms. The second kappa shape index (κ2) is 9.86. The van der Waals surface area contributed by atoms with Crippen LogP contribution in [0, 0.1) is 0 Å². The summed E-state index contributed by atoms with van der Waals surface area (Å²) in [7, 11) is 1.78. The fourth-order valence-electron chi connectivity index (χ4n) is 1.78. The number of nitrogens with one attached hydrogen (secondary N) is 1. The highest BCUT2D eigenvalue weighted by molar-refractivity contribution is 6.33. The molecule has 0 heterocycles. The molecule has 0 spiro atoms. The van der Waals surface area contributed by atoms with Gasteiger partial charge in [0.15, 0.2) is 0 Å². The number of hydrogen-bond acceptors (Lipinski definition) is 4. The molecule has 0 fully saturated rings. The van der Waals surface area contributed by atoms with E-state index in [2.05, 4.69) is 5.84 Å². The van der Waals surface area contributed by atoms with E-state index in [1.165, 1.54) is 5.01 Å². The first kappa shape index (κ1) is 19.0. The Morgan fingerprint density at radius 2 is 1.65 bits per heavy atom. The first-order chi connectivity index (χ1) is 11.0. The molecular formula is C16H18Cl2N4O. The maximum atomic E-state index is 8.94. The van der Waals surface area contributed by atoms with Crippen molar-refractivity contribution in [2.45, 2.75) is 0 Å². The molecule has 0 saturated carbocycles. The van der Waals surface area contributed by atoms with Crippen LogP contribution in [0.1, 0.15) is 11.1 Å². The fraction of sp³-hybridized carbons (Fsp3) is 0.0625. The van der Waals surface area contributed by atoms with Crippen LogP contribution in [0.5, 0.6) is 0 Å². The summed E-state index contributed by atoms with van der Waals surface area (Å²) in [5.41, 5.74) is 4.42. The van der Waals surface area contributed by atoms with E-state index in [1.807, 2.05) is 54.6 Å². The number of halogens is 2. The van der Waals surface area contributed by atoms with Crippen LogP contribution in [-0.4, -0.2) is 13.5 Å². The second-order valence-corrected chi connectivity index (χ2v) is 5.24. The Balaban J connectivity index is 0.000000593. The third-order valence-electron chi connectivity index (χ3n) is 2.81. The van der Waals surface area contributed by atoms with E-state index in [0.717, 1.165) is 16.8 Å². The van der Waals surface area contributed by atoms with Crippen LogP contribution in [0.4, 0.5) is 5.69 Å². The average Bonchev–Trinajstić information content (AvgIpc) is 2.55. The van der Waals surface area contributed by atoms with Gasteiger partial charge in [0.1, 0.15) is 0 Å². The van der Waals surface area contributed by atoms with E-state index < -0.39 is 0 Å². The highest BCUT2D eigenvalue weighted by Gasteiger charge is 2.06. The smallest absolute Gasteiger partial charge is 0.221 e. The van der Waals surface area contributed by atoms with Crippen LogP contribution in [0.15, 0.2) is 42.5 Å². The van der Waals surface area contributed by atoms with Crippen molar-refractivity contribution in [1.29, 1.82) is 0 Å². The topological polar surface area (TPSA) is 84.4 Å². The van der Waals surface area contributed by atoms with Crippen LogP contribution >= 0.6 is 23.2 Å². The molecule has 1 amide bonds. The number of rotatable bonds is 4. The summed E-state index contributed by atoms with van der Waals surface area (Å²) in [5.74, 6) is 10.2. The zero-order valence-electron chi connectivity index (χ0n) is 12.5. The number of carbonyl (C=O) groups is 1. The number of nitrogens with two attached hydrogens (primary N) is 2. The van der Waals surface area contributed by atoms with Gasteiger partial charge in [-0.05, 0) is 23.8 Å². The lowest BCUT2D eigenvalue weighted by Gasteiger charge is -2.16. The number of anilines is 1. The Labute approximate surface area is 145 Å².